The Labute approximate surface area is 145 Å². The van der Waals surface area contributed by atoms with Crippen LogP contribution >= 0.6 is 11.6 Å². The zero-order valence-electron chi connectivity index (χ0n) is 13.1. The van der Waals surface area contributed by atoms with Gasteiger partial charge >= 0.3 is 0 Å². The van der Waals surface area contributed by atoms with Crippen LogP contribution in [0.25, 0.3) is 0 Å². The van der Waals surface area contributed by atoms with E-state index in [2.05, 4.69) is 10.3 Å². The molecule has 1 aromatic heterocycles. The summed E-state index contributed by atoms with van der Waals surface area (Å²) < 4.78 is 0. The summed E-state index contributed by atoms with van der Waals surface area (Å²) in [5.41, 5.74) is 3.04. The molecule has 0 saturated heterocycles. The summed E-state index contributed by atoms with van der Waals surface area (Å²) in [5.74, 6) is -0.215. The van der Waals surface area contributed by atoms with Crippen molar-refractivity contribution in [2.45, 2.75) is 0 Å². The van der Waals surface area contributed by atoms with E-state index in [1.165, 1.54) is 0 Å². The van der Waals surface area contributed by atoms with Crippen molar-refractivity contribution < 1.29 is 4.79 Å². The fourth-order valence-electron chi connectivity index (χ4n) is 2.27. The lowest BCUT2D eigenvalue weighted by Crippen LogP contribution is -2.14. The SMILES string of the molecule is CN(c1ccccc1)c1cncc(C(=O)Nc2ccc(Cl)cc2)c1. The number of halogens is 1. The molecule has 0 aliphatic carbocycles. The number of para-hydroxylation sites is 1. The van der Waals surface area contributed by atoms with Gasteiger partial charge in [0.25, 0.3) is 5.91 Å². The Hall–Kier alpha value is -2.85. The van der Waals surface area contributed by atoms with Crippen LogP contribution in [0.4, 0.5) is 17.1 Å². The Morgan fingerprint density at radius 3 is 2.42 bits per heavy atom. The van der Waals surface area contributed by atoms with E-state index in [9.17, 15) is 4.79 Å². The van der Waals surface area contributed by atoms with E-state index in [-0.39, 0.29) is 5.91 Å². The van der Waals surface area contributed by atoms with E-state index in [1.807, 2.05) is 48.3 Å². The van der Waals surface area contributed by atoms with Crippen LogP contribution in [0.3, 0.4) is 0 Å². The molecule has 0 saturated carbocycles. The van der Waals surface area contributed by atoms with Gasteiger partial charge in [-0.25, -0.2) is 0 Å². The van der Waals surface area contributed by atoms with Crippen LogP contribution in [0, 0.1) is 0 Å². The number of pyridine rings is 1. The van der Waals surface area contributed by atoms with Crippen molar-refractivity contribution >= 4 is 34.6 Å². The molecule has 0 unspecified atom stereocenters. The number of carbonyl (C=O) groups excluding carboxylic acids is 1. The van der Waals surface area contributed by atoms with E-state index in [0.717, 1.165) is 11.4 Å². The molecule has 0 radical (unpaired) electrons. The van der Waals surface area contributed by atoms with Crippen molar-refractivity contribution in [3.63, 3.8) is 0 Å². The second-order valence-corrected chi connectivity index (χ2v) is 5.72. The standard InChI is InChI=1S/C19H16ClN3O/c1-23(17-5-3-2-4-6-17)18-11-14(12-21-13-18)19(24)22-16-9-7-15(20)8-10-16/h2-13H,1H3,(H,22,24). The molecule has 0 atom stereocenters. The van der Waals surface area contributed by atoms with E-state index < -0.39 is 0 Å². The fraction of sp³-hybridized carbons (Fsp3) is 0.0526. The summed E-state index contributed by atoms with van der Waals surface area (Å²) in [6, 6.07) is 18.7. The first-order valence-electron chi connectivity index (χ1n) is 7.44. The number of nitrogens with one attached hydrogen (secondary N) is 1. The molecule has 0 aliphatic heterocycles. The van der Waals surface area contributed by atoms with Gasteiger partial charge in [0.2, 0.25) is 0 Å². The molecule has 3 aromatic rings. The number of aromatic nitrogens is 1. The highest BCUT2D eigenvalue weighted by molar-refractivity contribution is 6.30. The van der Waals surface area contributed by atoms with Crippen LogP contribution < -0.4 is 10.2 Å². The Morgan fingerprint density at radius 2 is 1.71 bits per heavy atom. The first-order valence-corrected chi connectivity index (χ1v) is 7.82. The first-order chi connectivity index (χ1) is 11.6. The Bertz CT molecular complexity index is 835. The molecule has 0 spiro atoms. The van der Waals surface area contributed by atoms with Gasteiger partial charge in [0.1, 0.15) is 0 Å². The van der Waals surface area contributed by atoms with E-state index in [1.54, 1.807) is 36.7 Å². The number of amides is 1. The average Bonchev–Trinajstić information content (AvgIpc) is 2.64. The Balaban J connectivity index is 1.79. The smallest absolute Gasteiger partial charge is 0.257 e. The summed E-state index contributed by atoms with van der Waals surface area (Å²) in [5, 5.41) is 3.46. The molecule has 1 amide bonds. The quantitative estimate of drug-likeness (QED) is 0.746. The van der Waals surface area contributed by atoms with Gasteiger partial charge in [0.15, 0.2) is 0 Å². The Kier molecular flexibility index (Phi) is 4.77. The molecular formula is C19H16ClN3O. The van der Waals surface area contributed by atoms with Crippen molar-refractivity contribution in [2.75, 3.05) is 17.3 Å². The third-order valence-corrected chi connectivity index (χ3v) is 3.87. The van der Waals surface area contributed by atoms with Crippen molar-refractivity contribution in [2.24, 2.45) is 0 Å². The maximum Gasteiger partial charge on any atom is 0.257 e. The van der Waals surface area contributed by atoms with Gasteiger partial charge in [0, 0.05) is 29.6 Å². The lowest BCUT2D eigenvalue weighted by molar-refractivity contribution is 0.102. The zero-order valence-corrected chi connectivity index (χ0v) is 13.9. The minimum absolute atomic E-state index is 0.215. The van der Waals surface area contributed by atoms with Gasteiger partial charge in [-0.05, 0) is 42.5 Å². The molecule has 5 heteroatoms. The van der Waals surface area contributed by atoms with Gasteiger partial charge in [-0.2, -0.15) is 0 Å². The summed E-state index contributed by atoms with van der Waals surface area (Å²) >= 11 is 5.85. The monoisotopic (exact) mass is 337 g/mol. The maximum atomic E-state index is 12.4. The van der Waals surface area contributed by atoms with Crippen molar-refractivity contribution in [3.8, 4) is 0 Å². The zero-order chi connectivity index (χ0) is 16.9. The number of hydrogen-bond acceptors (Lipinski definition) is 3. The van der Waals surface area contributed by atoms with Crippen LogP contribution in [-0.2, 0) is 0 Å². The third kappa shape index (κ3) is 3.73. The molecular weight excluding hydrogens is 322 g/mol. The second kappa shape index (κ2) is 7.15. The summed E-state index contributed by atoms with van der Waals surface area (Å²) in [6.45, 7) is 0. The molecule has 3 rings (SSSR count). The highest BCUT2D eigenvalue weighted by atomic mass is 35.5. The van der Waals surface area contributed by atoms with Crippen LogP contribution in [0.2, 0.25) is 5.02 Å². The topological polar surface area (TPSA) is 45.2 Å². The number of anilines is 3. The number of nitrogens with zero attached hydrogens (tertiary/aromatic N) is 2. The lowest BCUT2D eigenvalue weighted by atomic mass is 10.2. The molecule has 4 nitrogen and oxygen atoms in total. The number of benzene rings is 2. The molecule has 1 N–H and O–H groups in total. The third-order valence-electron chi connectivity index (χ3n) is 3.62. The van der Waals surface area contributed by atoms with Gasteiger partial charge in [-0.15, -0.1) is 0 Å². The summed E-state index contributed by atoms with van der Waals surface area (Å²) in [7, 11) is 1.94. The summed E-state index contributed by atoms with van der Waals surface area (Å²) in [6.07, 6.45) is 3.28. The largest absolute Gasteiger partial charge is 0.343 e. The molecule has 120 valence electrons. The predicted octanol–water partition coefficient (Wildman–Crippen LogP) is 4.76. The van der Waals surface area contributed by atoms with Gasteiger partial charge in [-0.3, -0.25) is 9.78 Å². The molecule has 0 aliphatic rings. The van der Waals surface area contributed by atoms with Crippen molar-refractivity contribution in [1.29, 1.82) is 0 Å². The number of rotatable bonds is 4. The van der Waals surface area contributed by atoms with Crippen molar-refractivity contribution in [3.05, 3.63) is 83.6 Å². The van der Waals surface area contributed by atoms with Gasteiger partial charge < -0.3 is 10.2 Å². The predicted molar refractivity (Wildman–Crippen MR) is 98.1 cm³/mol. The van der Waals surface area contributed by atoms with Crippen LogP contribution in [0.1, 0.15) is 10.4 Å². The van der Waals surface area contributed by atoms with E-state index in [4.69, 9.17) is 11.6 Å². The molecule has 0 fully saturated rings. The van der Waals surface area contributed by atoms with Crippen LogP contribution in [-0.4, -0.2) is 17.9 Å². The minimum Gasteiger partial charge on any atom is -0.343 e. The number of hydrogen-bond donors (Lipinski definition) is 1. The first kappa shape index (κ1) is 16.0. The van der Waals surface area contributed by atoms with Crippen molar-refractivity contribution in [1.82, 2.24) is 4.98 Å². The minimum atomic E-state index is -0.215. The van der Waals surface area contributed by atoms with Gasteiger partial charge in [-0.1, -0.05) is 29.8 Å². The molecule has 1 heterocycles. The van der Waals surface area contributed by atoms with Crippen LogP contribution in [0.15, 0.2) is 73.1 Å². The van der Waals surface area contributed by atoms with E-state index in [0.29, 0.717) is 16.3 Å². The molecule has 0 bridgehead atoms. The fourth-order valence-corrected chi connectivity index (χ4v) is 2.40. The van der Waals surface area contributed by atoms with Gasteiger partial charge in [0.05, 0.1) is 17.4 Å². The average molecular weight is 338 g/mol. The molecule has 2 aromatic carbocycles. The highest BCUT2D eigenvalue weighted by Crippen LogP contribution is 2.23. The summed E-state index contributed by atoms with van der Waals surface area (Å²) in [4.78, 5) is 18.6. The normalized spacial score (nSPS) is 10.2. The number of carbonyl (C=O) groups is 1. The van der Waals surface area contributed by atoms with Crippen LogP contribution in [0.5, 0.6) is 0 Å². The van der Waals surface area contributed by atoms with E-state index >= 15 is 0 Å². The maximum absolute atomic E-state index is 12.4. The Morgan fingerprint density at radius 1 is 1.00 bits per heavy atom. The lowest BCUT2D eigenvalue weighted by Gasteiger charge is -2.19. The highest BCUT2D eigenvalue weighted by Gasteiger charge is 2.10. The second-order valence-electron chi connectivity index (χ2n) is 5.29. The molecule has 24 heavy (non-hydrogen) atoms.